The summed E-state index contributed by atoms with van der Waals surface area (Å²) < 4.78 is 0. The van der Waals surface area contributed by atoms with Crippen molar-refractivity contribution in [1.29, 1.82) is 0 Å². The molecule has 50 heavy (non-hydrogen) atoms. The van der Waals surface area contributed by atoms with E-state index in [4.69, 9.17) is 0 Å². The Balaban J connectivity index is 0. The third-order valence-electron chi connectivity index (χ3n) is 6.06. The molecule has 6 rings (SSSR count). The first kappa shape index (κ1) is 47.9. The molecule has 0 unspecified atom stereocenters. The Hall–Kier alpha value is -4.26. The molecule has 6 nitrogen and oxygen atoms in total. The van der Waals surface area contributed by atoms with Crippen LogP contribution in [-0.2, 0) is 60.1 Å². The summed E-state index contributed by atoms with van der Waals surface area (Å²) >= 11 is 0. The molecule has 0 saturated carbocycles. The summed E-state index contributed by atoms with van der Waals surface area (Å²) in [4.78, 5) is 0. The second kappa shape index (κ2) is 34.6. The first-order valence-electron chi connectivity index (χ1n) is 15.3. The predicted octanol–water partition coefficient (Wildman–Crippen LogP) is 3.36. The van der Waals surface area contributed by atoms with Gasteiger partial charge in [-0.3, -0.25) is 0 Å². The molecule has 0 amide bonds. The zero-order valence-corrected chi connectivity index (χ0v) is 29.4. The molecule has 6 aromatic rings. The van der Waals surface area contributed by atoms with Crippen molar-refractivity contribution >= 4 is 0 Å². The average molecular weight is 761 g/mol. The van der Waals surface area contributed by atoms with E-state index >= 15 is 0 Å². The van der Waals surface area contributed by atoms with Gasteiger partial charge >= 0.3 is 27.8 Å². The largest absolute Gasteiger partial charge is 4.00 e. The van der Waals surface area contributed by atoms with Crippen LogP contribution in [0.1, 0.15) is 33.4 Å². The SMILES string of the molecule is [C+4].[O-]Cc1ccccc1.[O-]Cc1ccccc1.[O-]Cc1ccccc1.[O-]Cc1ccccc1.[O-]Cc1ccccc1.[O-]Cc1ccccc1.[Pd+2]. The molecule has 0 saturated heterocycles. The summed E-state index contributed by atoms with van der Waals surface area (Å²) in [6.45, 7) is -0.662. The van der Waals surface area contributed by atoms with Crippen molar-refractivity contribution in [3.05, 3.63) is 223 Å². The van der Waals surface area contributed by atoms with Crippen LogP contribution in [-0.4, -0.2) is 0 Å². The second-order valence-electron chi connectivity index (χ2n) is 9.78. The molecule has 260 valence electrons. The Labute approximate surface area is 312 Å². The maximum atomic E-state index is 10.1. The molecule has 0 aromatic heterocycles. The van der Waals surface area contributed by atoms with Gasteiger partial charge in [-0.25, -0.2) is 0 Å². The normalized spacial score (nSPS) is 8.76. The molecular formula is C43H42O6Pd. The fraction of sp³-hybridized carbons (Fsp3) is 0.140. The Morgan fingerprint density at radius 1 is 0.220 bits per heavy atom. The Morgan fingerprint density at radius 3 is 0.380 bits per heavy atom. The van der Waals surface area contributed by atoms with Gasteiger partial charge in [0, 0.05) is 0 Å². The van der Waals surface area contributed by atoms with Crippen LogP contribution in [0.4, 0.5) is 0 Å². The minimum atomic E-state index is -0.110. The summed E-state index contributed by atoms with van der Waals surface area (Å²) in [5.41, 5.74) is 5.13. The first-order valence-corrected chi connectivity index (χ1v) is 15.3. The van der Waals surface area contributed by atoms with E-state index in [0.717, 1.165) is 33.4 Å². The van der Waals surface area contributed by atoms with Gasteiger partial charge < -0.3 is 30.6 Å². The fourth-order valence-corrected chi connectivity index (χ4v) is 3.45. The van der Waals surface area contributed by atoms with Gasteiger partial charge in [-0.1, -0.05) is 215 Å². The molecule has 6 aromatic carbocycles. The van der Waals surface area contributed by atoms with Gasteiger partial charge in [-0.15, -0.1) is 39.6 Å². The van der Waals surface area contributed by atoms with Crippen LogP contribution in [0.2, 0.25) is 0 Å². The zero-order valence-electron chi connectivity index (χ0n) is 27.8. The molecule has 0 heterocycles. The molecule has 7 heteroatoms. The molecule has 0 spiro atoms. The number of hydrogen-bond donors (Lipinski definition) is 0. The standard InChI is InChI=1S/6C7H7O.C.Pd/c6*8-6-7-4-2-1-3-5-7;;/h6*1-5H,6H2;;/q6*-1;+4;+2. The van der Waals surface area contributed by atoms with Gasteiger partial charge in [-0.2, -0.15) is 0 Å². The van der Waals surface area contributed by atoms with E-state index in [1.807, 2.05) is 182 Å². The van der Waals surface area contributed by atoms with Crippen LogP contribution >= 0.6 is 0 Å². The van der Waals surface area contributed by atoms with Gasteiger partial charge in [0.2, 0.25) is 0 Å². The Bertz CT molecular complexity index is 1190. The smallest absolute Gasteiger partial charge is 0.851 e. The molecule has 0 N–H and O–H groups in total. The summed E-state index contributed by atoms with van der Waals surface area (Å²) in [7, 11) is 0. The van der Waals surface area contributed by atoms with Crippen LogP contribution in [0, 0.1) is 7.43 Å². The third-order valence-corrected chi connectivity index (χ3v) is 6.06. The van der Waals surface area contributed by atoms with E-state index in [9.17, 15) is 30.6 Å². The van der Waals surface area contributed by atoms with Crippen LogP contribution in [0.5, 0.6) is 0 Å². The first-order chi connectivity index (χ1) is 23.6. The van der Waals surface area contributed by atoms with E-state index in [0.29, 0.717) is 0 Å². The van der Waals surface area contributed by atoms with Crippen LogP contribution in [0.25, 0.3) is 0 Å². The predicted molar refractivity (Wildman–Crippen MR) is 184 cm³/mol. The third kappa shape index (κ3) is 25.7. The average Bonchev–Trinajstić information content (AvgIpc) is 3.21. The van der Waals surface area contributed by atoms with Crippen LogP contribution < -0.4 is 30.6 Å². The summed E-state index contributed by atoms with van der Waals surface area (Å²) in [6, 6.07) is 55.7. The van der Waals surface area contributed by atoms with Crippen LogP contribution in [0.15, 0.2) is 182 Å². The number of benzene rings is 6. The van der Waals surface area contributed by atoms with Gasteiger partial charge in [0.25, 0.3) is 0 Å². The molecule has 0 aliphatic rings. The van der Waals surface area contributed by atoms with E-state index < -0.39 is 0 Å². The van der Waals surface area contributed by atoms with Crippen molar-refractivity contribution in [2.45, 2.75) is 39.6 Å². The van der Waals surface area contributed by atoms with Crippen molar-refractivity contribution in [3.8, 4) is 0 Å². The second-order valence-corrected chi connectivity index (χ2v) is 9.78. The topological polar surface area (TPSA) is 138 Å². The molecule has 0 fully saturated rings. The monoisotopic (exact) mass is 760 g/mol. The minimum absolute atomic E-state index is 0. The van der Waals surface area contributed by atoms with E-state index in [-0.39, 0.29) is 67.5 Å². The van der Waals surface area contributed by atoms with E-state index in [1.165, 1.54) is 0 Å². The van der Waals surface area contributed by atoms with Crippen molar-refractivity contribution in [2.24, 2.45) is 0 Å². The Morgan fingerprint density at radius 2 is 0.320 bits per heavy atom. The van der Waals surface area contributed by atoms with Gasteiger partial charge in [0.15, 0.2) is 0 Å². The maximum Gasteiger partial charge on any atom is 4.00 e. The van der Waals surface area contributed by atoms with Gasteiger partial charge in [0.1, 0.15) is 0 Å². The minimum Gasteiger partial charge on any atom is -0.851 e. The molecular weight excluding hydrogens is 719 g/mol. The van der Waals surface area contributed by atoms with Gasteiger partial charge in [0.05, 0.1) is 0 Å². The molecule has 0 bridgehead atoms. The van der Waals surface area contributed by atoms with Gasteiger partial charge in [-0.05, 0) is 0 Å². The molecule has 0 atom stereocenters. The van der Waals surface area contributed by atoms with Crippen LogP contribution in [0.3, 0.4) is 0 Å². The summed E-state index contributed by atoms with van der Waals surface area (Å²) in [6.07, 6.45) is 0. The van der Waals surface area contributed by atoms with Crippen molar-refractivity contribution < 1.29 is 51.1 Å². The molecule has 0 aliphatic heterocycles. The molecule has 0 aliphatic carbocycles. The fourth-order valence-electron chi connectivity index (χ4n) is 3.45. The zero-order chi connectivity index (χ0) is 34.9. The maximum absolute atomic E-state index is 10.1. The Kier molecular flexibility index (Phi) is 33.1. The number of hydrogen-bond acceptors (Lipinski definition) is 6. The van der Waals surface area contributed by atoms with Crippen molar-refractivity contribution in [2.75, 3.05) is 0 Å². The van der Waals surface area contributed by atoms with E-state index in [1.54, 1.807) is 0 Å². The van der Waals surface area contributed by atoms with Crippen molar-refractivity contribution in [3.63, 3.8) is 0 Å². The summed E-state index contributed by atoms with van der Waals surface area (Å²) in [5.74, 6) is 0. The number of rotatable bonds is 6. The van der Waals surface area contributed by atoms with Crippen molar-refractivity contribution in [1.82, 2.24) is 0 Å². The molecule has 0 radical (unpaired) electrons. The van der Waals surface area contributed by atoms with E-state index in [2.05, 4.69) is 0 Å². The summed E-state index contributed by atoms with van der Waals surface area (Å²) in [5, 5.41) is 60.8. The quantitative estimate of drug-likeness (QED) is 0.239.